The van der Waals surface area contributed by atoms with E-state index in [9.17, 15) is 0 Å². The van der Waals surface area contributed by atoms with Gasteiger partial charge in [0, 0.05) is 10.9 Å². The summed E-state index contributed by atoms with van der Waals surface area (Å²) in [5.74, 6) is 0.789. The molecule has 0 aromatic carbocycles. The van der Waals surface area contributed by atoms with Crippen LogP contribution in [-0.2, 0) is 0 Å². The number of nitrogens with zero attached hydrogens (tertiary/aromatic N) is 2. The number of aromatic nitrogens is 2. The highest BCUT2D eigenvalue weighted by atomic mass is 35.5. The van der Waals surface area contributed by atoms with E-state index in [1.54, 1.807) is 24.6 Å². The van der Waals surface area contributed by atoms with Crippen molar-refractivity contribution in [3.05, 3.63) is 33.2 Å². The Morgan fingerprint density at radius 3 is 2.63 bits per heavy atom. The zero-order valence-electron chi connectivity index (χ0n) is 11.5. The van der Waals surface area contributed by atoms with Crippen LogP contribution in [-0.4, -0.2) is 23.9 Å². The summed E-state index contributed by atoms with van der Waals surface area (Å²) in [5.41, 5.74) is 1.03. The van der Waals surface area contributed by atoms with Gasteiger partial charge in [0.25, 0.3) is 0 Å². The second-order valence-electron chi connectivity index (χ2n) is 4.50. The molecule has 2 aromatic rings. The van der Waals surface area contributed by atoms with E-state index in [1.165, 1.54) is 0 Å². The fraction of sp³-hybridized carbons (Fsp3) is 0.462. The van der Waals surface area contributed by atoms with Gasteiger partial charge in [-0.25, -0.2) is 0 Å². The average molecular weight is 300 g/mol. The van der Waals surface area contributed by atoms with Crippen LogP contribution >= 0.6 is 22.9 Å². The van der Waals surface area contributed by atoms with Gasteiger partial charge in [0.1, 0.15) is 5.69 Å². The molecular formula is C13H18ClN3OS. The molecule has 1 N–H and O–H groups in total. The Hall–Kier alpha value is -1.04. The van der Waals surface area contributed by atoms with E-state index in [-0.39, 0.29) is 12.1 Å². The molecule has 0 fully saturated rings. The van der Waals surface area contributed by atoms with Crippen LogP contribution in [0.5, 0.6) is 5.75 Å². The predicted octanol–water partition coefficient (Wildman–Crippen LogP) is 3.50. The molecule has 1 unspecified atom stereocenters. The van der Waals surface area contributed by atoms with E-state index < -0.39 is 0 Å². The third-order valence-corrected chi connectivity index (χ3v) is 4.24. The van der Waals surface area contributed by atoms with E-state index in [0.29, 0.717) is 0 Å². The van der Waals surface area contributed by atoms with Crippen LogP contribution in [0.4, 0.5) is 0 Å². The minimum Gasteiger partial charge on any atom is -0.493 e. The summed E-state index contributed by atoms with van der Waals surface area (Å²) in [4.78, 5) is 1.15. The Labute approximate surface area is 122 Å². The van der Waals surface area contributed by atoms with Gasteiger partial charge >= 0.3 is 0 Å². The standard InChI is InChI=1S/C13H18ClN3OS/c1-8(2)17-13(9(18-4)7-16-17)12(15-3)10-5-6-11(14)19-10/h5-8,12,15H,1-4H3. The van der Waals surface area contributed by atoms with Gasteiger partial charge in [-0.1, -0.05) is 11.6 Å². The highest BCUT2D eigenvalue weighted by molar-refractivity contribution is 7.16. The lowest BCUT2D eigenvalue weighted by atomic mass is 10.1. The number of hydrogen-bond acceptors (Lipinski definition) is 4. The van der Waals surface area contributed by atoms with Crippen molar-refractivity contribution in [2.45, 2.75) is 25.9 Å². The quantitative estimate of drug-likeness (QED) is 0.918. The minimum atomic E-state index is 0.0253. The second-order valence-corrected chi connectivity index (χ2v) is 6.25. The van der Waals surface area contributed by atoms with Gasteiger partial charge in [-0.3, -0.25) is 4.68 Å². The number of hydrogen-bond donors (Lipinski definition) is 1. The molecule has 2 aromatic heterocycles. The van der Waals surface area contributed by atoms with Crippen molar-refractivity contribution in [3.8, 4) is 5.75 Å². The molecule has 0 bridgehead atoms. The van der Waals surface area contributed by atoms with Gasteiger partial charge in [0.15, 0.2) is 5.75 Å². The summed E-state index contributed by atoms with van der Waals surface area (Å²) in [5, 5.41) is 7.73. The largest absolute Gasteiger partial charge is 0.493 e. The van der Waals surface area contributed by atoms with Gasteiger partial charge in [-0.05, 0) is 33.0 Å². The lowest BCUT2D eigenvalue weighted by Gasteiger charge is -2.20. The zero-order chi connectivity index (χ0) is 14.0. The number of halogens is 1. The average Bonchev–Trinajstić information content (AvgIpc) is 2.97. The second kappa shape index (κ2) is 5.94. The molecule has 0 aliphatic carbocycles. The molecule has 0 radical (unpaired) electrons. The van der Waals surface area contributed by atoms with E-state index in [4.69, 9.17) is 16.3 Å². The van der Waals surface area contributed by atoms with Crippen molar-refractivity contribution in [2.75, 3.05) is 14.2 Å². The summed E-state index contributed by atoms with van der Waals surface area (Å²) in [6, 6.07) is 4.24. The Bertz CT molecular complexity index is 550. The number of thiophene rings is 1. The van der Waals surface area contributed by atoms with Crippen molar-refractivity contribution >= 4 is 22.9 Å². The third-order valence-electron chi connectivity index (χ3n) is 2.95. The first-order chi connectivity index (χ1) is 9.08. The first-order valence-electron chi connectivity index (χ1n) is 6.12. The summed E-state index contributed by atoms with van der Waals surface area (Å²) in [6.07, 6.45) is 1.76. The maximum atomic E-state index is 6.04. The number of ether oxygens (including phenoxy) is 1. The van der Waals surface area contributed by atoms with Gasteiger partial charge < -0.3 is 10.1 Å². The predicted molar refractivity (Wildman–Crippen MR) is 79.4 cm³/mol. The smallest absolute Gasteiger partial charge is 0.161 e. The van der Waals surface area contributed by atoms with Crippen LogP contribution in [0.3, 0.4) is 0 Å². The molecule has 104 valence electrons. The monoisotopic (exact) mass is 299 g/mol. The fourth-order valence-corrected chi connectivity index (χ4v) is 3.27. The number of rotatable bonds is 5. The summed E-state index contributed by atoms with van der Waals surface area (Å²) < 4.78 is 8.20. The first kappa shape index (κ1) is 14.4. The molecule has 2 heterocycles. The number of nitrogens with one attached hydrogen (secondary N) is 1. The molecular weight excluding hydrogens is 282 g/mol. The SMILES string of the molecule is CNC(c1ccc(Cl)s1)c1c(OC)cnn1C(C)C. The molecule has 4 nitrogen and oxygen atoms in total. The maximum Gasteiger partial charge on any atom is 0.161 e. The van der Waals surface area contributed by atoms with Gasteiger partial charge in [-0.2, -0.15) is 5.10 Å². The zero-order valence-corrected chi connectivity index (χ0v) is 13.0. The summed E-state index contributed by atoms with van der Waals surface area (Å²) >= 11 is 7.60. The van der Waals surface area contributed by atoms with Crippen molar-refractivity contribution in [1.29, 1.82) is 0 Å². The van der Waals surface area contributed by atoms with Gasteiger partial charge in [-0.15, -0.1) is 11.3 Å². The molecule has 0 aliphatic heterocycles. The van der Waals surface area contributed by atoms with E-state index in [2.05, 4.69) is 24.3 Å². The lowest BCUT2D eigenvalue weighted by Crippen LogP contribution is -2.22. The molecule has 0 spiro atoms. The molecule has 2 rings (SSSR count). The summed E-state index contributed by atoms with van der Waals surface area (Å²) in [7, 11) is 3.59. The van der Waals surface area contributed by atoms with Crippen LogP contribution in [0.2, 0.25) is 4.34 Å². The molecule has 6 heteroatoms. The Morgan fingerprint density at radius 1 is 1.42 bits per heavy atom. The molecule has 0 saturated heterocycles. The van der Waals surface area contributed by atoms with Crippen LogP contribution < -0.4 is 10.1 Å². The van der Waals surface area contributed by atoms with Crippen LogP contribution in [0.15, 0.2) is 18.3 Å². The Kier molecular flexibility index (Phi) is 4.50. The normalized spacial score (nSPS) is 12.9. The summed E-state index contributed by atoms with van der Waals surface area (Å²) in [6.45, 7) is 4.20. The molecule has 0 saturated carbocycles. The van der Waals surface area contributed by atoms with Gasteiger partial charge in [0.2, 0.25) is 0 Å². The Morgan fingerprint density at radius 2 is 2.16 bits per heavy atom. The third kappa shape index (κ3) is 2.78. The maximum absolute atomic E-state index is 6.04. The van der Waals surface area contributed by atoms with Crippen molar-refractivity contribution < 1.29 is 4.74 Å². The lowest BCUT2D eigenvalue weighted by molar-refractivity contribution is 0.397. The van der Waals surface area contributed by atoms with E-state index in [1.807, 2.05) is 23.9 Å². The van der Waals surface area contributed by atoms with Crippen molar-refractivity contribution in [1.82, 2.24) is 15.1 Å². The highest BCUT2D eigenvalue weighted by Gasteiger charge is 2.24. The van der Waals surface area contributed by atoms with Crippen LogP contribution in [0, 0.1) is 0 Å². The molecule has 0 aliphatic rings. The van der Waals surface area contributed by atoms with E-state index in [0.717, 1.165) is 20.7 Å². The van der Waals surface area contributed by atoms with Crippen LogP contribution in [0.25, 0.3) is 0 Å². The van der Waals surface area contributed by atoms with Crippen LogP contribution in [0.1, 0.15) is 36.5 Å². The topological polar surface area (TPSA) is 39.1 Å². The minimum absolute atomic E-state index is 0.0253. The molecule has 0 amide bonds. The highest BCUT2D eigenvalue weighted by Crippen LogP contribution is 2.35. The fourth-order valence-electron chi connectivity index (χ4n) is 2.10. The van der Waals surface area contributed by atoms with E-state index >= 15 is 0 Å². The van der Waals surface area contributed by atoms with Crippen molar-refractivity contribution in [2.24, 2.45) is 0 Å². The Balaban J connectivity index is 2.50. The van der Waals surface area contributed by atoms with Gasteiger partial charge in [0.05, 0.1) is 23.7 Å². The van der Waals surface area contributed by atoms with Crippen molar-refractivity contribution in [3.63, 3.8) is 0 Å². The molecule has 1 atom stereocenters. The molecule has 19 heavy (non-hydrogen) atoms. The first-order valence-corrected chi connectivity index (χ1v) is 7.31. The number of methoxy groups -OCH3 is 1.